The Bertz CT molecular complexity index is 1570. The first-order valence-corrected chi connectivity index (χ1v) is 10.8. The number of carbonyl (C=O) groups is 1. The molecule has 1 amide bonds. The molecule has 0 atom stereocenters. The normalized spacial score (nSPS) is 10.9. The first-order chi connectivity index (χ1) is 17.4. The number of nitrogens with zero attached hydrogens (tertiary/aromatic N) is 4. The van der Waals surface area contributed by atoms with Crippen LogP contribution in [0.5, 0.6) is 5.75 Å². The number of para-hydroxylation sites is 2. The minimum atomic E-state index is -0.836. The molecule has 2 aromatic heterocycles. The molecule has 36 heavy (non-hydrogen) atoms. The summed E-state index contributed by atoms with van der Waals surface area (Å²) in [5.74, 6) is -1.67. The molecule has 0 saturated carbocycles. The third-order valence-electron chi connectivity index (χ3n) is 5.34. The predicted molar refractivity (Wildman–Crippen MR) is 131 cm³/mol. The Balaban J connectivity index is 1.50. The van der Waals surface area contributed by atoms with Crippen molar-refractivity contribution in [2.24, 2.45) is 0 Å². The molecule has 5 aromatic rings. The fourth-order valence-electron chi connectivity index (χ4n) is 3.71. The average Bonchev–Trinajstić information content (AvgIpc) is 3.23. The first kappa shape index (κ1) is 22.7. The molecule has 0 aliphatic rings. The SMILES string of the molecule is Nc1nc(-c2nn(Cc3ccccc3F)c3c(F)cccc23)nc(N)c1OC(=O)Nc1ccccc1. The van der Waals surface area contributed by atoms with Crippen LogP contribution < -0.4 is 21.5 Å². The van der Waals surface area contributed by atoms with Crippen molar-refractivity contribution in [3.05, 3.63) is 90.0 Å². The number of nitrogens with one attached hydrogen (secondary N) is 1. The molecule has 5 rings (SSSR count). The lowest BCUT2D eigenvalue weighted by Crippen LogP contribution is -2.19. The van der Waals surface area contributed by atoms with Crippen LogP contribution in [0, 0.1) is 11.6 Å². The number of aromatic nitrogens is 4. The van der Waals surface area contributed by atoms with Gasteiger partial charge in [-0.2, -0.15) is 5.10 Å². The van der Waals surface area contributed by atoms with E-state index in [1.54, 1.807) is 54.6 Å². The smallest absolute Gasteiger partial charge is 0.402 e. The van der Waals surface area contributed by atoms with E-state index in [4.69, 9.17) is 16.2 Å². The van der Waals surface area contributed by atoms with Gasteiger partial charge in [0.1, 0.15) is 22.8 Å². The number of hydrogen-bond donors (Lipinski definition) is 3. The van der Waals surface area contributed by atoms with Gasteiger partial charge in [0.25, 0.3) is 0 Å². The van der Waals surface area contributed by atoms with Gasteiger partial charge in [-0.25, -0.2) is 23.5 Å². The number of rotatable bonds is 5. The van der Waals surface area contributed by atoms with E-state index < -0.39 is 17.7 Å². The third-order valence-corrected chi connectivity index (χ3v) is 5.34. The van der Waals surface area contributed by atoms with Gasteiger partial charge >= 0.3 is 6.09 Å². The number of hydrogen-bond acceptors (Lipinski definition) is 7. The highest BCUT2D eigenvalue weighted by Crippen LogP contribution is 2.33. The van der Waals surface area contributed by atoms with Crippen LogP contribution >= 0.6 is 0 Å². The Morgan fingerprint density at radius 2 is 1.56 bits per heavy atom. The van der Waals surface area contributed by atoms with Gasteiger partial charge in [-0.05, 0) is 24.3 Å². The van der Waals surface area contributed by atoms with Gasteiger partial charge in [0.05, 0.1) is 6.54 Å². The molecule has 9 nitrogen and oxygen atoms in total. The lowest BCUT2D eigenvalue weighted by Gasteiger charge is -2.10. The van der Waals surface area contributed by atoms with Crippen molar-refractivity contribution < 1.29 is 18.3 Å². The second-order valence-electron chi connectivity index (χ2n) is 7.76. The molecular weight excluding hydrogens is 468 g/mol. The molecule has 0 unspecified atom stereocenters. The molecule has 0 aliphatic heterocycles. The largest absolute Gasteiger partial charge is 0.417 e. The number of nitrogen functional groups attached to an aromatic ring is 2. The van der Waals surface area contributed by atoms with Gasteiger partial charge in [-0.3, -0.25) is 10.00 Å². The molecular formula is C25H19F2N7O2. The number of benzene rings is 3. The Morgan fingerprint density at radius 3 is 2.28 bits per heavy atom. The molecule has 0 fully saturated rings. The Hall–Kier alpha value is -5.06. The summed E-state index contributed by atoms with van der Waals surface area (Å²) in [5.41, 5.74) is 13.2. The van der Waals surface area contributed by atoms with Crippen molar-refractivity contribution in [1.82, 2.24) is 19.7 Å². The van der Waals surface area contributed by atoms with Gasteiger partial charge in [0.2, 0.25) is 5.75 Å². The number of fused-ring (bicyclic) bond motifs is 1. The second kappa shape index (κ2) is 9.29. The standard InChI is InChI=1S/C25H19F2N7O2/c26-17-11-5-4-7-14(17)13-34-20-16(10-6-12-18(20)27)19(33-34)24-31-22(28)21(23(29)32-24)36-25(35)30-15-8-2-1-3-9-15/h1-12H,13H2,(H,30,35)(H4,28,29,31,32). The number of anilines is 3. The van der Waals surface area contributed by atoms with Crippen molar-refractivity contribution in [3.63, 3.8) is 0 Å². The molecule has 11 heteroatoms. The van der Waals surface area contributed by atoms with Crippen LogP contribution in [0.25, 0.3) is 22.4 Å². The molecule has 2 heterocycles. The minimum absolute atomic E-state index is 0.0105. The zero-order valence-corrected chi connectivity index (χ0v) is 18.7. The summed E-state index contributed by atoms with van der Waals surface area (Å²) in [6.07, 6.45) is -0.836. The van der Waals surface area contributed by atoms with E-state index in [0.717, 1.165) is 0 Å². The molecule has 5 N–H and O–H groups in total. The van der Waals surface area contributed by atoms with Gasteiger partial charge in [-0.1, -0.05) is 48.5 Å². The van der Waals surface area contributed by atoms with Crippen LogP contribution in [0.15, 0.2) is 72.8 Å². The van der Waals surface area contributed by atoms with E-state index in [9.17, 15) is 13.6 Å². The highest BCUT2D eigenvalue weighted by atomic mass is 19.1. The third kappa shape index (κ3) is 4.37. The van der Waals surface area contributed by atoms with Gasteiger partial charge in [0.15, 0.2) is 17.5 Å². The maximum atomic E-state index is 14.8. The number of amides is 1. The summed E-state index contributed by atoms with van der Waals surface area (Å²) < 4.78 is 35.6. The van der Waals surface area contributed by atoms with E-state index in [2.05, 4.69) is 20.4 Å². The molecule has 0 radical (unpaired) electrons. The zero-order chi connectivity index (χ0) is 25.2. The topological polar surface area (TPSA) is 134 Å². The number of halogens is 2. The molecule has 0 bridgehead atoms. The van der Waals surface area contributed by atoms with E-state index in [1.165, 1.54) is 22.9 Å². The van der Waals surface area contributed by atoms with Crippen molar-refractivity contribution in [2.75, 3.05) is 16.8 Å². The maximum Gasteiger partial charge on any atom is 0.417 e. The Kier molecular flexibility index (Phi) is 5.87. The van der Waals surface area contributed by atoms with Crippen LogP contribution in [0.1, 0.15) is 5.56 Å². The minimum Gasteiger partial charge on any atom is -0.402 e. The number of carbonyl (C=O) groups excluding carboxylic acids is 1. The summed E-state index contributed by atoms with van der Waals surface area (Å²) in [6, 6.07) is 19.2. The van der Waals surface area contributed by atoms with Crippen LogP contribution in [-0.4, -0.2) is 25.8 Å². The van der Waals surface area contributed by atoms with Crippen LogP contribution in [-0.2, 0) is 6.54 Å². The van der Waals surface area contributed by atoms with E-state index in [0.29, 0.717) is 16.6 Å². The van der Waals surface area contributed by atoms with E-state index >= 15 is 0 Å². The zero-order valence-electron chi connectivity index (χ0n) is 18.7. The molecule has 0 spiro atoms. The summed E-state index contributed by atoms with van der Waals surface area (Å²) in [6.45, 7) is -0.0318. The summed E-state index contributed by atoms with van der Waals surface area (Å²) in [5, 5.41) is 7.35. The lowest BCUT2D eigenvalue weighted by molar-refractivity contribution is 0.215. The van der Waals surface area contributed by atoms with E-state index in [-0.39, 0.29) is 41.0 Å². The highest BCUT2D eigenvalue weighted by Gasteiger charge is 2.22. The number of ether oxygens (including phenoxy) is 1. The van der Waals surface area contributed by atoms with Crippen molar-refractivity contribution in [1.29, 1.82) is 0 Å². The molecule has 0 saturated heterocycles. The highest BCUT2D eigenvalue weighted by molar-refractivity contribution is 5.93. The van der Waals surface area contributed by atoms with Gasteiger partial charge < -0.3 is 16.2 Å². The maximum absolute atomic E-state index is 14.8. The summed E-state index contributed by atoms with van der Waals surface area (Å²) in [7, 11) is 0. The van der Waals surface area contributed by atoms with Gasteiger partial charge in [0, 0.05) is 16.6 Å². The van der Waals surface area contributed by atoms with E-state index in [1.807, 2.05) is 0 Å². The molecule has 0 aliphatic carbocycles. The molecule has 180 valence electrons. The fourth-order valence-corrected chi connectivity index (χ4v) is 3.71. The Morgan fingerprint density at radius 1 is 0.889 bits per heavy atom. The Labute approximate surface area is 203 Å². The van der Waals surface area contributed by atoms with Crippen LogP contribution in [0.4, 0.5) is 30.9 Å². The first-order valence-electron chi connectivity index (χ1n) is 10.8. The fraction of sp³-hybridized carbons (Fsp3) is 0.0400. The lowest BCUT2D eigenvalue weighted by atomic mass is 10.2. The predicted octanol–water partition coefficient (Wildman–Crippen LogP) is 4.60. The quantitative estimate of drug-likeness (QED) is 0.330. The summed E-state index contributed by atoms with van der Waals surface area (Å²) in [4.78, 5) is 20.7. The second-order valence-corrected chi connectivity index (χ2v) is 7.76. The monoisotopic (exact) mass is 487 g/mol. The van der Waals surface area contributed by atoms with Crippen molar-refractivity contribution in [2.45, 2.75) is 6.54 Å². The summed E-state index contributed by atoms with van der Waals surface area (Å²) >= 11 is 0. The van der Waals surface area contributed by atoms with Crippen LogP contribution in [0.2, 0.25) is 0 Å². The molecule has 3 aromatic carbocycles. The average molecular weight is 487 g/mol. The number of nitrogens with two attached hydrogens (primary N) is 2. The van der Waals surface area contributed by atoms with Crippen molar-refractivity contribution >= 4 is 34.3 Å². The van der Waals surface area contributed by atoms with Gasteiger partial charge in [-0.15, -0.1) is 0 Å². The van der Waals surface area contributed by atoms with Crippen molar-refractivity contribution in [3.8, 4) is 17.3 Å². The van der Waals surface area contributed by atoms with Crippen LogP contribution in [0.3, 0.4) is 0 Å².